The number of rotatable bonds is 2. The number of esters is 1. The van der Waals surface area contributed by atoms with Gasteiger partial charge in [0.2, 0.25) is 5.79 Å². The average molecular weight is 402 g/mol. The summed E-state index contributed by atoms with van der Waals surface area (Å²) < 4.78 is 127. The topological polar surface area (TPSA) is 35.5 Å². The van der Waals surface area contributed by atoms with E-state index in [1.165, 1.54) is 0 Å². The minimum absolute atomic E-state index is 0.542. The quantitative estimate of drug-likeness (QED) is 0.374. The van der Waals surface area contributed by atoms with Crippen LogP contribution < -0.4 is 0 Å². The second-order valence-electron chi connectivity index (χ2n) is 6.60. The molecule has 0 aromatic rings. The standard InChI is InChI=1S/C14H15F9O3/c1-6(11(15,16)17)8(24)25-10(5)7(2)9(3,4)12(26-10,13(18,19)20)14(21,22)23/h7H,1H2,2-5H3. The molecular formula is C14H15F9O3. The lowest BCUT2D eigenvalue weighted by Gasteiger charge is -2.42. The Bertz CT molecular complexity index is 586. The molecular weight excluding hydrogens is 387 g/mol. The SMILES string of the molecule is C=C(C(=O)OC1(C)OC(C(F)(F)F)(C(F)(F)F)C(C)(C)C1C)C(F)(F)F. The maximum atomic E-state index is 13.4. The van der Waals surface area contributed by atoms with Crippen molar-refractivity contribution < 1.29 is 53.8 Å². The van der Waals surface area contributed by atoms with Crippen molar-refractivity contribution in [3.8, 4) is 0 Å². The Labute approximate surface area is 142 Å². The van der Waals surface area contributed by atoms with Crippen molar-refractivity contribution in [1.29, 1.82) is 0 Å². The zero-order valence-corrected chi connectivity index (χ0v) is 13.9. The molecule has 0 bridgehead atoms. The van der Waals surface area contributed by atoms with Crippen molar-refractivity contribution >= 4 is 5.97 Å². The lowest BCUT2D eigenvalue weighted by Crippen LogP contribution is -2.64. The van der Waals surface area contributed by atoms with Gasteiger partial charge in [-0.1, -0.05) is 27.4 Å². The molecule has 1 aliphatic heterocycles. The maximum absolute atomic E-state index is 13.4. The van der Waals surface area contributed by atoms with E-state index in [1.54, 1.807) is 0 Å². The van der Waals surface area contributed by atoms with Crippen LogP contribution in [-0.2, 0) is 14.3 Å². The Balaban J connectivity index is 3.47. The molecule has 0 aromatic carbocycles. The molecule has 26 heavy (non-hydrogen) atoms. The van der Waals surface area contributed by atoms with Crippen LogP contribution in [0, 0.1) is 11.3 Å². The van der Waals surface area contributed by atoms with Gasteiger partial charge in [-0.2, -0.15) is 39.5 Å². The fraction of sp³-hybridized carbons (Fsp3) is 0.786. The Morgan fingerprint density at radius 2 is 1.35 bits per heavy atom. The first-order valence-corrected chi connectivity index (χ1v) is 6.98. The predicted octanol–water partition coefficient (Wildman–Crippen LogP) is 4.92. The first kappa shape index (κ1) is 22.6. The number of halogens is 9. The number of carbonyl (C=O) groups excluding carboxylic acids is 1. The number of carbonyl (C=O) groups is 1. The Morgan fingerprint density at radius 1 is 0.962 bits per heavy atom. The molecule has 2 atom stereocenters. The van der Waals surface area contributed by atoms with E-state index in [9.17, 15) is 44.3 Å². The number of hydrogen-bond acceptors (Lipinski definition) is 3. The highest BCUT2D eigenvalue weighted by Gasteiger charge is 2.86. The van der Waals surface area contributed by atoms with E-state index in [0.29, 0.717) is 20.8 Å². The van der Waals surface area contributed by atoms with Crippen LogP contribution in [0.25, 0.3) is 0 Å². The minimum atomic E-state index is -5.99. The van der Waals surface area contributed by atoms with Crippen molar-refractivity contribution in [1.82, 2.24) is 0 Å². The predicted molar refractivity (Wildman–Crippen MR) is 68.6 cm³/mol. The molecule has 0 aliphatic carbocycles. The van der Waals surface area contributed by atoms with Crippen LogP contribution >= 0.6 is 0 Å². The third-order valence-electron chi connectivity index (χ3n) is 4.81. The van der Waals surface area contributed by atoms with Crippen LogP contribution in [0.2, 0.25) is 0 Å². The summed E-state index contributed by atoms with van der Waals surface area (Å²) in [4.78, 5) is 11.5. The molecule has 1 rings (SSSR count). The van der Waals surface area contributed by atoms with Gasteiger partial charge in [-0.05, 0) is 0 Å². The van der Waals surface area contributed by atoms with Gasteiger partial charge >= 0.3 is 24.5 Å². The van der Waals surface area contributed by atoms with Gasteiger partial charge in [-0.3, -0.25) is 0 Å². The van der Waals surface area contributed by atoms with Gasteiger partial charge in [0.15, 0.2) is 0 Å². The highest BCUT2D eigenvalue weighted by molar-refractivity contribution is 5.89. The van der Waals surface area contributed by atoms with Crippen molar-refractivity contribution in [2.24, 2.45) is 11.3 Å². The first-order valence-electron chi connectivity index (χ1n) is 6.98. The van der Waals surface area contributed by atoms with Crippen molar-refractivity contribution in [2.45, 2.75) is 57.6 Å². The summed E-state index contributed by atoms with van der Waals surface area (Å²) in [5.41, 5.74) is -9.59. The molecule has 3 nitrogen and oxygen atoms in total. The van der Waals surface area contributed by atoms with Crippen molar-refractivity contribution in [3.05, 3.63) is 12.2 Å². The first-order chi connectivity index (χ1) is 11.2. The summed E-state index contributed by atoms with van der Waals surface area (Å²) >= 11 is 0. The summed E-state index contributed by atoms with van der Waals surface area (Å²) in [5, 5.41) is 0. The molecule has 0 N–H and O–H groups in total. The highest BCUT2D eigenvalue weighted by atomic mass is 19.4. The Kier molecular flexibility index (Phi) is 5.01. The molecule has 0 radical (unpaired) electrons. The third kappa shape index (κ3) is 3.05. The monoisotopic (exact) mass is 402 g/mol. The molecule has 1 aliphatic rings. The van der Waals surface area contributed by atoms with Crippen LogP contribution in [0.3, 0.4) is 0 Å². The van der Waals surface area contributed by atoms with E-state index in [1.807, 2.05) is 0 Å². The molecule has 1 fully saturated rings. The largest absolute Gasteiger partial charge is 0.429 e. The van der Waals surface area contributed by atoms with E-state index in [4.69, 9.17) is 0 Å². The number of alkyl halides is 9. The summed E-state index contributed by atoms with van der Waals surface area (Å²) in [7, 11) is 0. The molecule has 1 heterocycles. The van der Waals surface area contributed by atoms with Gasteiger partial charge in [0.05, 0.1) is 0 Å². The van der Waals surface area contributed by atoms with E-state index in [0.717, 1.165) is 6.92 Å². The van der Waals surface area contributed by atoms with E-state index < -0.39 is 52.8 Å². The zero-order chi connectivity index (χ0) is 21.1. The molecule has 0 saturated carbocycles. The van der Waals surface area contributed by atoms with E-state index >= 15 is 0 Å². The van der Waals surface area contributed by atoms with Crippen LogP contribution in [0.5, 0.6) is 0 Å². The highest BCUT2D eigenvalue weighted by Crippen LogP contribution is 2.66. The minimum Gasteiger partial charge on any atom is -0.429 e. The van der Waals surface area contributed by atoms with Gasteiger partial charge in [0.1, 0.15) is 5.57 Å². The lowest BCUT2D eigenvalue weighted by molar-refractivity contribution is -0.416. The molecule has 2 unspecified atom stereocenters. The fourth-order valence-corrected chi connectivity index (χ4v) is 2.96. The van der Waals surface area contributed by atoms with Crippen LogP contribution in [0.4, 0.5) is 39.5 Å². The third-order valence-corrected chi connectivity index (χ3v) is 4.81. The summed E-state index contributed by atoms with van der Waals surface area (Å²) in [6.45, 7) is 4.95. The molecule has 0 amide bonds. The van der Waals surface area contributed by atoms with Crippen molar-refractivity contribution in [2.75, 3.05) is 0 Å². The lowest BCUT2D eigenvalue weighted by atomic mass is 9.66. The van der Waals surface area contributed by atoms with Crippen LogP contribution in [0.1, 0.15) is 27.7 Å². The van der Waals surface area contributed by atoms with Gasteiger partial charge < -0.3 is 9.47 Å². The second-order valence-corrected chi connectivity index (χ2v) is 6.60. The molecule has 12 heteroatoms. The number of ether oxygens (including phenoxy) is 2. The van der Waals surface area contributed by atoms with Crippen LogP contribution in [0.15, 0.2) is 12.2 Å². The summed E-state index contributed by atoms with van der Waals surface area (Å²) in [6, 6.07) is 0. The van der Waals surface area contributed by atoms with E-state index in [2.05, 4.69) is 16.1 Å². The van der Waals surface area contributed by atoms with Gasteiger partial charge in [0, 0.05) is 18.3 Å². The summed E-state index contributed by atoms with van der Waals surface area (Å²) in [6.07, 6.45) is -17.3. The van der Waals surface area contributed by atoms with Crippen molar-refractivity contribution in [3.63, 3.8) is 0 Å². The average Bonchev–Trinajstić information content (AvgIpc) is 2.54. The normalized spacial score (nSPS) is 28.7. The van der Waals surface area contributed by atoms with Gasteiger partial charge in [-0.25, -0.2) is 4.79 Å². The second kappa shape index (κ2) is 5.77. The molecule has 0 spiro atoms. The van der Waals surface area contributed by atoms with E-state index in [-0.39, 0.29) is 0 Å². The zero-order valence-electron chi connectivity index (χ0n) is 13.9. The smallest absolute Gasteiger partial charge is 0.427 e. The molecule has 0 aromatic heterocycles. The molecule has 152 valence electrons. The Morgan fingerprint density at radius 3 is 1.62 bits per heavy atom. The Hall–Kier alpha value is -1.46. The maximum Gasteiger partial charge on any atom is 0.427 e. The van der Waals surface area contributed by atoms with Crippen LogP contribution in [-0.4, -0.2) is 35.9 Å². The fourth-order valence-electron chi connectivity index (χ4n) is 2.96. The molecule has 1 saturated heterocycles. The number of hydrogen-bond donors (Lipinski definition) is 0. The van der Waals surface area contributed by atoms with Gasteiger partial charge in [0.25, 0.3) is 5.60 Å². The summed E-state index contributed by atoms with van der Waals surface area (Å²) in [5.74, 6) is -6.97. The van der Waals surface area contributed by atoms with Gasteiger partial charge in [-0.15, -0.1) is 0 Å².